The van der Waals surface area contributed by atoms with Crippen LogP contribution in [0, 0.1) is 12.3 Å². The van der Waals surface area contributed by atoms with Gasteiger partial charge in [-0.1, -0.05) is 0 Å². The number of benzene rings is 1. The first-order valence-electron chi connectivity index (χ1n) is 7.47. The van der Waals surface area contributed by atoms with Crippen molar-refractivity contribution in [2.24, 2.45) is 0 Å². The highest BCUT2D eigenvalue weighted by molar-refractivity contribution is 6.45. The fourth-order valence-electron chi connectivity index (χ4n) is 2.10. The number of anilines is 1. The zero-order chi connectivity index (χ0) is 18.4. The lowest BCUT2D eigenvalue weighted by atomic mass is 10.0. The van der Waals surface area contributed by atoms with E-state index in [0.717, 1.165) is 5.56 Å². The van der Waals surface area contributed by atoms with Crippen molar-refractivity contribution < 1.29 is 19.4 Å². The number of rotatable bonds is 8. The van der Waals surface area contributed by atoms with Gasteiger partial charge in [-0.25, -0.2) is 9.97 Å². The fourth-order valence-corrected chi connectivity index (χ4v) is 2.10. The number of ketones is 1. The molecule has 0 radical (unpaired) electrons. The maximum absolute atomic E-state index is 11.6. The zero-order valence-electron chi connectivity index (χ0n) is 13.9. The molecular weight excluding hydrogens is 324 g/mol. The molecule has 0 spiro atoms. The Balaban J connectivity index is 2.31. The van der Waals surface area contributed by atoms with Crippen LogP contribution in [0.15, 0.2) is 30.6 Å². The van der Waals surface area contributed by atoms with Crippen LogP contribution in [-0.4, -0.2) is 39.1 Å². The van der Waals surface area contributed by atoms with Crippen LogP contribution >= 0.6 is 0 Å². The van der Waals surface area contributed by atoms with Gasteiger partial charge in [0.15, 0.2) is 11.6 Å². The predicted molar refractivity (Wildman–Crippen MR) is 91.2 cm³/mol. The Morgan fingerprint density at radius 1 is 1.28 bits per heavy atom. The van der Waals surface area contributed by atoms with Gasteiger partial charge in [0.2, 0.25) is 0 Å². The minimum Gasteiger partial charge on any atom is -0.485 e. The second-order valence-electron chi connectivity index (χ2n) is 5.30. The third kappa shape index (κ3) is 4.84. The summed E-state index contributed by atoms with van der Waals surface area (Å²) in [5.74, 6) is -0.508. The molecule has 8 heteroatoms. The number of carboxylic acids is 1. The summed E-state index contributed by atoms with van der Waals surface area (Å²) < 4.78 is 5.70. The molecule has 0 aliphatic heterocycles. The molecule has 0 atom stereocenters. The SMILES string of the molecule is CC(=O)C(=N)c1cc(OCc2ncccn2)c(C)cc1NCC(=O)O. The van der Waals surface area contributed by atoms with E-state index in [2.05, 4.69) is 15.3 Å². The van der Waals surface area contributed by atoms with Crippen LogP contribution in [0.5, 0.6) is 5.75 Å². The Morgan fingerprint density at radius 2 is 1.96 bits per heavy atom. The van der Waals surface area contributed by atoms with Crippen molar-refractivity contribution in [3.05, 3.63) is 47.5 Å². The van der Waals surface area contributed by atoms with Crippen molar-refractivity contribution in [1.29, 1.82) is 5.41 Å². The average Bonchev–Trinajstić information content (AvgIpc) is 2.59. The molecule has 2 aromatic rings. The van der Waals surface area contributed by atoms with E-state index in [4.69, 9.17) is 15.3 Å². The standard InChI is InChI=1S/C17H18N4O4/c1-10-6-13(21-8-16(23)24)12(17(18)11(2)22)7-14(10)25-9-15-19-4-3-5-20-15/h3-7,18,21H,8-9H2,1-2H3,(H,23,24). The number of hydrogen-bond donors (Lipinski definition) is 3. The minimum atomic E-state index is -1.04. The molecule has 0 aliphatic rings. The number of aromatic nitrogens is 2. The summed E-state index contributed by atoms with van der Waals surface area (Å²) >= 11 is 0. The highest BCUT2D eigenvalue weighted by Gasteiger charge is 2.16. The van der Waals surface area contributed by atoms with E-state index in [-0.39, 0.29) is 24.4 Å². The smallest absolute Gasteiger partial charge is 0.322 e. The van der Waals surface area contributed by atoms with Gasteiger partial charge in [-0.15, -0.1) is 0 Å². The maximum atomic E-state index is 11.6. The van der Waals surface area contributed by atoms with Crippen molar-refractivity contribution in [3.8, 4) is 5.75 Å². The highest BCUT2D eigenvalue weighted by atomic mass is 16.5. The summed E-state index contributed by atoms with van der Waals surface area (Å²) in [5.41, 5.74) is 1.17. The second-order valence-corrected chi connectivity index (χ2v) is 5.30. The summed E-state index contributed by atoms with van der Waals surface area (Å²) in [5, 5.41) is 19.5. The second kappa shape index (κ2) is 8.00. The quantitative estimate of drug-likeness (QED) is 0.625. The Kier molecular flexibility index (Phi) is 5.78. The molecule has 1 heterocycles. The highest BCUT2D eigenvalue weighted by Crippen LogP contribution is 2.28. The normalized spacial score (nSPS) is 10.2. The van der Waals surface area contributed by atoms with Crippen LogP contribution in [0.1, 0.15) is 23.9 Å². The molecule has 3 N–H and O–H groups in total. The number of hydrogen-bond acceptors (Lipinski definition) is 7. The first-order chi connectivity index (χ1) is 11.9. The summed E-state index contributed by atoms with van der Waals surface area (Å²) in [6.45, 7) is 2.88. The van der Waals surface area contributed by atoms with E-state index < -0.39 is 11.8 Å². The number of Topliss-reactive ketones (excluding diaryl/α,β-unsaturated/α-hetero) is 1. The molecule has 8 nitrogen and oxygen atoms in total. The van der Waals surface area contributed by atoms with E-state index in [1.165, 1.54) is 6.92 Å². The molecule has 0 bridgehead atoms. The topological polar surface area (TPSA) is 125 Å². The van der Waals surface area contributed by atoms with Crippen LogP contribution in [0.3, 0.4) is 0 Å². The molecule has 0 aliphatic carbocycles. The summed E-state index contributed by atoms with van der Waals surface area (Å²) in [6, 6.07) is 4.90. The summed E-state index contributed by atoms with van der Waals surface area (Å²) in [4.78, 5) is 30.5. The number of aryl methyl sites for hydroxylation is 1. The third-order valence-electron chi connectivity index (χ3n) is 3.34. The van der Waals surface area contributed by atoms with E-state index >= 15 is 0 Å². The van der Waals surface area contributed by atoms with Gasteiger partial charge in [0.1, 0.15) is 24.6 Å². The van der Waals surface area contributed by atoms with Gasteiger partial charge >= 0.3 is 5.97 Å². The van der Waals surface area contributed by atoms with Gasteiger partial charge in [0.05, 0.1) is 0 Å². The number of ether oxygens (including phenoxy) is 1. The first-order valence-corrected chi connectivity index (χ1v) is 7.47. The molecule has 2 rings (SSSR count). The van der Waals surface area contributed by atoms with Gasteiger partial charge < -0.3 is 15.2 Å². The molecule has 25 heavy (non-hydrogen) atoms. The first kappa shape index (κ1) is 18.1. The molecule has 0 saturated heterocycles. The lowest BCUT2D eigenvalue weighted by Crippen LogP contribution is -2.18. The van der Waals surface area contributed by atoms with Gasteiger partial charge in [-0.05, 0) is 30.7 Å². The van der Waals surface area contributed by atoms with Gasteiger partial charge in [0.25, 0.3) is 0 Å². The van der Waals surface area contributed by atoms with Crippen molar-refractivity contribution in [2.45, 2.75) is 20.5 Å². The largest absolute Gasteiger partial charge is 0.485 e. The summed E-state index contributed by atoms with van der Waals surface area (Å²) in [6.07, 6.45) is 3.21. The van der Waals surface area contributed by atoms with Gasteiger partial charge in [-0.3, -0.25) is 15.0 Å². The molecule has 0 amide bonds. The predicted octanol–water partition coefficient (Wildman–Crippen LogP) is 1.82. The Morgan fingerprint density at radius 3 is 2.56 bits per heavy atom. The molecule has 130 valence electrons. The van der Waals surface area contributed by atoms with Crippen molar-refractivity contribution in [1.82, 2.24) is 9.97 Å². The molecular formula is C17H18N4O4. The average molecular weight is 342 g/mol. The van der Waals surface area contributed by atoms with Crippen molar-refractivity contribution in [2.75, 3.05) is 11.9 Å². The van der Waals surface area contributed by atoms with Crippen molar-refractivity contribution >= 4 is 23.2 Å². The zero-order valence-corrected chi connectivity index (χ0v) is 13.9. The Hall–Kier alpha value is -3.29. The number of nitrogens with one attached hydrogen (secondary N) is 2. The van der Waals surface area contributed by atoms with Crippen LogP contribution < -0.4 is 10.1 Å². The van der Waals surface area contributed by atoms with Crippen LogP contribution in [0.4, 0.5) is 5.69 Å². The van der Waals surface area contributed by atoms with Gasteiger partial charge in [0, 0.05) is 30.6 Å². The number of carbonyl (C=O) groups excluding carboxylic acids is 1. The monoisotopic (exact) mass is 342 g/mol. The van der Waals surface area contributed by atoms with Crippen LogP contribution in [-0.2, 0) is 16.2 Å². The maximum Gasteiger partial charge on any atom is 0.322 e. The van der Waals surface area contributed by atoms with Crippen LogP contribution in [0.25, 0.3) is 0 Å². The summed E-state index contributed by atoms with van der Waals surface area (Å²) in [7, 11) is 0. The van der Waals surface area contributed by atoms with E-state index in [1.807, 2.05) is 0 Å². The molecule has 0 saturated carbocycles. The Labute approximate surface area is 144 Å². The molecule has 1 aromatic heterocycles. The minimum absolute atomic E-state index is 0.135. The lowest BCUT2D eigenvalue weighted by Gasteiger charge is -2.15. The Bertz CT molecular complexity index is 806. The molecule has 0 unspecified atom stereocenters. The van der Waals surface area contributed by atoms with E-state index in [9.17, 15) is 9.59 Å². The number of carboxylic acid groups (broad SMARTS) is 1. The van der Waals surface area contributed by atoms with Crippen LogP contribution in [0.2, 0.25) is 0 Å². The van der Waals surface area contributed by atoms with E-state index in [1.54, 1.807) is 37.5 Å². The van der Waals surface area contributed by atoms with Gasteiger partial charge in [-0.2, -0.15) is 0 Å². The fraction of sp³-hybridized carbons (Fsp3) is 0.235. The lowest BCUT2D eigenvalue weighted by molar-refractivity contribution is -0.134. The number of carbonyl (C=O) groups is 2. The number of nitrogens with zero attached hydrogens (tertiary/aromatic N) is 2. The molecule has 1 aromatic carbocycles. The van der Waals surface area contributed by atoms with Crippen molar-refractivity contribution in [3.63, 3.8) is 0 Å². The third-order valence-corrected chi connectivity index (χ3v) is 3.34. The van der Waals surface area contributed by atoms with E-state index in [0.29, 0.717) is 17.3 Å². The molecule has 0 fully saturated rings. The number of aliphatic carboxylic acids is 1.